The van der Waals surface area contributed by atoms with Gasteiger partial charge in [0.1, 0.15) is 0 Å². The molecule has 0 aliphatic carbocycles. The second-order valence-corrected chi connectivity index (χ2v) is 0.954. The Morgan fingerprint density at radius 3 is 2.44 bits per heavy atom. The van der Waals surface area contributed by atoms with Crippen molar-refractivity contribution < 1.29 is 0 Å². The first-order valence-electron chi connectivity index (χ1n) is 1.79. The molecule has 0 aromatic heterocycles. The molecule has 0 aromatic carbocycles. The molecule has 0 heterocycles. The molecular formula is CH4N8. The molecule has 0 aromatic rings. The van der Waals surface area contributed by atoms with E-state index in [4.69, 9.17) is 22.2 Å². The van der Waals surface area contributed by atoms with Crippen LogP contribution >= 0.6 is 0 Å². The van der Waals surface area contributed by atoms with Gasteiger partial charge in [-0.2, -0.15) is 10.4 Å². The molecule has 0 saturated carbocycles. The largest absolute Gasteiger partial charge is 0.348 e. The molecule has 0 atom stereocenters. The number of nitrogens with zero attached hydrogens (tertiary/aromatic N) is 5. The minimum absolute atomic E-state index is 0.333. The summed E-state index contributed by atoms with van der Waals surface area (Å²) in [4.78, 5) is 2.24. The summed E-state index contributed by atoms with van der Waals surface area (Å²) >= 11 is 0. The van der Waals surface area contributed by atoms with E-state index >= 15 is 0 Å². The molecule has 48 valence electrons. The van der Waals surface area contributed by atoms with Gasteiger partial charge in [0.25, 0.3) is 0 Å². The fourth-order valence-corrected chi connectivity index (χ4v) is 0.160. The summed E-state index contributed by atoms with van der Waals surface area (Å²) in [6, 6.07) is 0. The maximum absolute atomic E-state index is 7.74. The zero-order chi connectivity index (χ0) is 7.28. The van der Waals surface area contributed by atoms with Crippen molar-refractivity contribution >= 4 is 5.96 Å². The van der Waals surface area contributed by atoms with E-state index in [1.54, 1.807) is 0 Å². The Kier molecular flexibility index (Phi) is 2.57. The van der Waals surface area contributed by atoms with Crippen molar-refractivity contribution in [1.29, 1.82) is 10.9 Å². The number of guanidine groups is 1. The van der Waals surface area contributed by atoms with E-state index in [-0.39, 0.29) is 0 Å². The van der Waals surface area contributed by atoms with Crippen molar-refractivity contribution in [2.24, 2.45) is 16.2 Å². The number of hydrogen-bond donors (Lipinski definition) is 3. The minimum Gasteiger partial charge on any atom is -0.348 e. The Balaban J connectivity index is 4.15. The van der Waals surface area contributed by atoms with Gasteiger partial charge >= 0.3 is 5.96 Å². The smallest absolute Gasteiger partial charge is 0.316 e. The zero-order valence-corrected chi connectivity index (χ0v) is 4.31. The lowest BCUT2D eigenvalue weighted by Gasteiger charge is -1.96. The minimum atomic E-state index is -0.595. The number of rotatable bonds is 2. The van der Waals surface area contributed by atoms with Crippen molar-refractivity contribution in [2.75, 3.05) is 0 Å². The van der Waals surface area contributed by atoms with Crippen molar-refractivity contribution in [3.8, 4) is 0 Å². The van der Waals surface area contributed by atoms with Crippen LogP contribution in [0.15, 0.2) is 10.4 Å². The third-order valence-electron chi connectivity index (χ3n) is 0.435. The molecular weight excluding hydrogens is 124 g/mol. The lowest BCUT2D eigenvalue weighted by atomic mass is 11.1. The molecule has 0 aliphatic heterocycles. The summed E-state index contributed by atoms with van der Waals surface area (Å²) < 4.78 is 0. The van der Waals surface area contributed by atoms with Gasteiger partial charge in [-0.3, -0.25) is 0 Å². The molecule has 8 heteroatoms. The van der Waals surface area contributed by atoms with Crippen molar-refractivity contribution in [2.45, 2.75) is 0 Å². The summed E-state index contributed by atoms with van der Waals surface area (Å²) in [5.41, 5.74) is 18.8. The van der Waals surface area contributed by atoms with E-state index in [0.29, 0.717) is 5.12 Å². The second-order valence-electron chi connectivity index (χ2n) is 0.954. The highest BCUT2D eigenvalue weighted by Gasteiger charge is 2.03. The van der Waals surface area contributed by atoms with Gasteiger partial charge < -0.3 is 5.73 Å². The molecule has 0 bridgehead atoms. The van der Waals surface area contributed by atoms with Crippen LogP contribution in [-0.4, -0.2) is 11.1 Å². The number of nitrogens with two attached hydrogens (primary N) is 1. The van der Waals surface area contributed by atoms with E-state index in [2.05, 4.69) is 15.4 Å². The third-order valence-corrected chi connectivity index (χ3v) is 0.435. The second kappa shape index (κ2) is 3.22. The van der Waals surface area contributed by atoms with Gasteiger partial charge in [-0.1, -0.05) is 0 Å². The summed E-state index contributed by atoms with van der Waals surface area (Å²) in [6.07, 6.45) is 0. The van der Waals surface area contributed by atoms with Crippen molar-refractivity contribution in [3.63, 3.8) is 0 Å². The van der Waals surface area contributed by atoms with E-state index < -0.39 is 5.96 Å². The van der Waals surface area contributed by atoms with Gasteiger partial charge in [0, 0.05) is 10.4 Å². The molecule has 0 fully saturated rings. The number of hydrogen-bond acceptors (Lipinski definition) is 4. The molecule has 0 spiro atoms. The van der Waals surface area contributed by atoms with E-state index in [0.717, 1.165) is 0 Å². The molecule has 4 N–H and O–H groups in total. The first kappa shape index (κ1) is 7.18. The van der Waals surface area contributed by atoms with Gasteiger partial charge in [-0.05, 0) is 5.12 Å². The summed E-state index contributed by atoms with van der Waals surface area (Å²) in [5, 5.41) is 12.3. The predicted octanol–water partition coefficient (Wildman–Crippen LogP) is 0.353. The van der Waals surface area contributed by atoms with Crippen LogP contribution < -0.4 is 5.73 Å². The molecule has 0 saturated heterocycles. The maximum Gasteiger partial charge on any atom is 0.316 e. The van der Waals surface area contributed by atoms with E-state index in [1.165, 1.54) is 0 Å². The standard InChI is InChI=1S/CH4N8/c2-1(3)9(7-5)8-6-4/h5H,(H3,2,3). The molecule has 0 unspecified atom stereocenters. The normalized spacial score (nSPS) is 7.11. The molecule has 0 aliphatic rings. The summed E-state index contributed by atoms with van der Waals surface area (Å²) in [6.45, 7) is 0. The van der Waals surface area contributed by atoms with Crippen LogP contribution in [0, 0.1) is 10.9 Å². The Morgan fingerprint density at radius 1 is 1.78 bits per heavy atom. The third kappa shape index (κ3) is 2.09. The fraction of sp³-hybridized carbons (Fsp3) is 0. The van der Waals surface area contributed by atoms with Gasteiger partial charge in [-0.15, -0.1) is 5.53 Å². The Bertz CT molecular complexity index is 159. The highest BCUT2D eigenvalue weighted by Crippen LogP contribution is 1.86. The number of azide groups is 1. The van der Waals surface area contributed by atoms with Crippen LogP contribution in [0.1, 0.15) is 0 Å². The van der Waals surface area contributed by atoms with Crippen LogP contribution in [0.25, 0.3) is 10.4 Å². The van der Waals surface area contributed by atoms with Gasteiger partial charge in [0.2, 0.25) is 0 Å². The predicted molar refractivity (Wildman–Crippen MR) is 28.0 cm³/mol. The molecule has 0 amide bonds. The fourth-order valence-electron chi connectivity index (χ4n) is 0.160. The van der Waals surface area contributed by atoms with E-state index in [1.807, 2.05) is 0 Å². The van der Waals surface area contributed by atoms with Crippen LogP contribution in [-0.2, 0) is 0 Å². The first-order chi connectivity index (χ1) is 4.22. The van der Waals surface area contributed by atoms with Gasteiger partial charge in [0.05, 0.1) is 0 Å². The lowest BCUT2D eigenvalue weighted by molar-refractivity contribution is 0.414. The number of nitrogens with one attached hydrogen (secondary N) is 2. The first-order valence-corrected chi connectivity index (χ1v) is 1.79. The Hall–Kier alpha value is -1.82. The van der Waals surface area contributed by atoms with Crippen LogP contribution in [0.4, 0.5) is 0 Å². The SMILES string of the molecule is [N-]=[N+]=NN(N=N)C(=N)N. The van der Waals surface area contributed by atoms with Crippen molar-refractivity contribution in [1.82, 2.24) is 5.12 Å². The summed E-state index contributed by atoms with van der Waals surface area (Å²) in [7, 11) is 0. The van der Waals surface area contributed by atoms with E-state index in [9.17, 15) is 0 Å². The highest BCUT2D eigenvalue weighted by atomic mass is 15.8. The molecule has 8 nitrogen and oxygen atoms in total. The molecule has 0 rings (SSSR count). The Morgan fingerprint density at radius 2 is 2.33 bits per heavy atom. The monoisotopic (exact) mass is 128 g/mol. The lowest BCUT2D eigenvalue weighted by Crippen LogP contribution is -2.26. The van der Waals surface area contributed by atoms with Crippen LogP contribution in [0.3, 0.4) is 0 Å². The highest BCUT2D eigenvalue weighted by molar-refractivity contribution is 5.73. The van der Waals surface area contributed by atoms with Crippen LogP contribution in [0.5, 0.6) is 0 Å². The van der Waals surface area contributed by atoms with Crippen LogP contribution in [0.2, 0.25) is 0 Å². The average molecular weight is 128 g/mol. The average Bonchev–Trinajstić information content (AvgIpc) is 1.82. The van der Waals surface area contributed by atoms with Crippen molar-refractivity contribution in [3.05, 3.63) is 10.4 Å². The van der Waals surface area contributed by atoms with Gasteiger partial charge in [0.15, 0.2) is 0 Å². The maximum atomic E-state index is 7.74. The molecule has 0 radical (unpaired) electrons. The Labute approximate surface area is 49.8 Å². The molecule has 9 heavy (non-hydrogen) atoms. The topological polar surface area (TPSA) is 138 Å². The summed E-state index contributed by atoms with van der Waals surface area (Å²) in [5.74, 6) is -0.595. The van der Waals surface area contributed by atoms with Gasteiger partial charge in [-0.25, -0.2) is 5.41 Å². The quantitative estimate of drug-likeness (QED) is 0.123. The zero-order valence-electron chi connectivity index (χ0n) is 4.31.